The fraction of sp³-hybridized carbons (Fsp3) is 0.556. The van der Waals surface area contributed by atoms with Crippen LogP contribution in [-0.4, -0.2) is 48.5 Å². The average Bonchev–Trinajstić information content (AvgIpc) is 2.98. The molecule has 3 N–H and O–H groups in total. The van der Waals surface area contributed by atoms with Crippen molar-refractivity contribution in [2.24, 2.45) is 5.92 Å². The number of ether oxygens (including phenoxy) is 2. The van der Waals surface area contributed by atoms with Gasteiger partial charge in [0.25, 0.3) is 5.91 Å². The minimum absolute atomic E-state index is 0.195. The number of rotatable bonds is 8. The van der Waals surface area contributed by atoms with Crippen LogP contribution in [0.1, 0.15) is 26.7 Å². The highest BCUT2D eigenvalue weighted by molar-refractivity contribution is 6.32. The summed E-state index contributed by atoms with van der Waals surface area (Å²) in [4.78, 5) is 24.7. The molecule has 1 aliphatic rings. The minimum Gasteiger partial charge on any atom is -0.482 e. The maximum atomic E-state index is 12.5. The molecule has 1 aromatic rings. The molecule has 1 fully saturated rings. The number of hydrogen-bond acceptors (Lipinski definition) is 5. The van der Waals surface area contributed by atoms with Gasteiger partial charge in [-0.15, -0.1) is 0 Å². The van der Waals surface area contributed by atoms with Crippen LogP contribution in [0, 0.1) is 5.92 Å². The topological polar surface area (TPSA) is 96.9 Å². The fourth-order valence-electron chi connectivity index (χ4n) is 2.65. The van der Waals surface area contributed by atoms with E-state index in [-0.39, 0.29) is 18.4 Å². The van der Waals surface area contributed by atoms with Gasteiger partial charge < -0.3 is 25.2 Å². The molecule has 0 radical (unpaired) electrons. The number of aliphatic hydroxyl groups excluding tert-OH is 1. The zero-order chi connectivity index (χ0) is 19.1. The van der Waals surface area contributed by atoms with Gasteiger partial charge in [0.2, 0.25) is 5.91 Å². The quantitative estimate of drug-likeness (QED) is 0.630. The molecule has 3 atom stereocenters. The first-order chi connectivity index (χ1) is 12.4. The standard InChI is InChI=1S/C18H25ClN2O5/c1-11(2)9-14(17(23)21-13-7-8-25-18(13)24)20-16(22)10-26-15-6-4-3-5-12(15)19/h3-6,11,13-14,18,24H,7-10H2,1-2H3,(H,20,22)(H,21,23)/t13-,14?,18?/m0/s1. The number of benzene rings is 1. The molecular weight excluding hydrogens is 360 g/mol. The lowest BCUT2D eigenvalue weighted by Gasteiger charge is -2.23. The molecular formula is C18H25ClN2O5. The van der Waals surface area contributed by atoms with E-state index >= 15 is 0 Å². The number of nitrogens with one attached hydrogen (secondary N) is 2. The maximum Gasteiger partial charge on any atom is 0.258 e. The van der Waals surface area contributed by atoms with Crippen molar-refractivity contribution in [2.45, 2.75) is 45.1 Å². The van der Waals surface area contributed by atoms with Crippen LogP contribution >= 0.6 is 11.6 Å². The second-order valence-electron chi connectivity index (χ2n) is 6.63. The van der Waals surface area contributed by atoms with Gasteiger partial charge in [0.15, 0.2) is 12.9 Å². The van der Waals surface area contributed by atoms with Crippen LogP contribution in [0.3, 0.4) is 0 Å². The van der Waals surface area contributed by atoms with Crippen LogP contribution in [-0.2, 0) is 14.3 Å². The lowest BCUT2D eigenvalue weighted by molar-refractivity contribution is -0.132. The van der Waals surface area contributed by atoms with Crippen molar-refractivity contribution in [2.75, 3.05) is 13.2 Å². The number of amides is 2. The first-order valence-corrected chi connectivity index (χ1v) is 9.01. The van der Waals surface area contributed by atoms with Crippen LogP contribution < -0.4 is 15.4 Å². The Morgan fingerprint density at radius 2 is 2.12 bits per heavy atom. The van der Waals surface area contributed by atoms with E-state index < -0.39 is 24.3 Å². The smallest absolute Gasteiger partial charge is 0.258 e. The molecule has 1 aromatic carbocycles. The van der Waals surface area contributed by atoms with E-state index in [1.54, 1.807) is 24.3 Å². The van der Waals surface area contributed by atoms with Gasteiger partial charge in [-0.3, -0.25) is 9.59 Å². The van der Waals surface area contributed by atoms with Crippen molar-refractivity contribution in [3.8, 4) is 5.75 Å². The predicted molar refractivity (Wildman–Crippen MR) is 96.8 cm³/mol. The molecule has 0 bridgehead atoms. The van der Waals surface area contributed by atoms with Gasteiger partial charge in [-0.25, -0.2) is 0 Å². The fourth-order valence-corrected chi connectivity index (χ4v) is 2.84. The third kappa shape index (κ3) is 6.16. The third-order valence-electron chi connectivity index (χ3n) is 3.94. The van der Waals surface area contributed by atoms with Crippen molar-refractivity contribution >= 4 is 23.4 Å². The highest BCUT2D eigenvalue weighted by Crippen LogP contribution is 2.22. The SMILES string of the molecule is CC(C)CC(NC(=O)COc1ccccc1Cl)C(=O)N[C@H]1CCOC1O. The van der Waals surface area contributed by atoms with Gasteiger partial charge >= 0.3 is 0 Å². The summed E-state index contributed by atoms with van der Waals surface area (Å²) in [5.41, 5.74) is 0. The largest absolute Gasteiger partial charge is 0.482 e. The highest BCUT2D eigenvalue weighted by atomic mass is 35.5. The van der Waals surface area contributed by atoms with E-state index in [2.05, 4.69) is 10.6 Å². The monoisotopic (exact) mass is 384 g/mol. The molecule has 0 spiro atoms. The second-order valence-corrected chi connectivity index (χ2v) is 7.04. The van der Waals surface area contributed by atoms with Crippen LogP contribution in [0.4, 0.5) is 0 Å². The Morgan fingerprint density at radius 3 is 2.73 bits per heavy atom. The summed E-state index contributed by atoms with van der Waals surface area (Å²) in [6.45, 7) is 4.06. The van der Waals surface area contributed by atoms with Gasteiger partial charge in [-0.05, 0) is 30.9 Å². The molecule has 0 aliphatic carbocycles. The summed E-state index contributed by atoms with van der Waals surface area (Å²) in [6.07, 6.45) is -0.0176. The number of carbonyl (C=O) groups excluding carboxylic acids is 2. The Balaban J connectivity index is 1.90. The normalized spacial score (nSPS) is 20.7. The van der Waals surface area contributed by atoms with Gasteiger partial charge in [0.05, 0.1) is 17.7 Å². The van der Waals surface area contributed by atoms with Crippen LogP contribution in [0.5, 0.6) is 5.75 Å². The molecule has 8 heteroatoms. The summed E-state index contributed by atoms with van der Waals surface area (Å²) in [5.74, 6) is -0.172. The van der Waals surface area contributed by atoms with E-state index in [4.69, 9.17) is 21.1 Å². The molecule has 144 valence electrons. The molecule has 2 amide bonds. The van der Waals surface area contributed by atoms with Crippen LogP contribution in [0.15, 0.2) is 24.3 Å². The Labute approximate surface area is 158 Å². The van der Waals surface area contributed by atoms with Gasteiger partial charge in [0, 0.05) is 0 Å². The van der Waals surface area contributed by atoms with Crippen molar-refractivity contribution < 1.29 is 24.2 Å². The lowest BCUT2D eigenvalue weighted by Crippen LogP contribution is -2.52. The molecule has 2 unspecified atom stereocenters. The van der Waals surface area contributed by atoms with Crippen molar-refractivity contribution in [1.29, 1.82) is 0 Å². The lowest BCUT2D eigenvalue weighted by atomic mass is 10.0. The molecule has 1 heterocycles. The summed E-state index contributed by atoms with van der Waals surface area (Å²) >= 11 is 5.99. The summed E-state index contributed by atoms with van der Waals surface area (Å²) in [5, 5.41) is 15.5. The summed E-state index contributed by atoms with van der Waals surface area (Å²) in [7, 11) is 0. The number of aliphatic hydroxyl groups is 1. The van der Waals surface area contributed by atoms with E-state index in [1.165, 1.54) is 0 Å². The molecule has 1 saturated heterocycles. The number of para-hydroxylation sites is 1. The average molecular weight is 385 g/mol. The predicted octanol–water partition coefficient (Wildman–Crippen LogP) is 1.47. The van der Waals surface area contributed by atoms with Crippen molar-refractivity contribution in [1.82, 2.24) is 10.6 Å². The van der Waals surface area contributed by atoms with E-state index in [0.717, 1.165) is 0 Å². The molecule has 1 aliphatic heterocycles. The van der Waals surface area contributed by atoms with E-state index in [9.17, 15) is 14.7 Å². The summed E-state index contributed by atoms with van der Waals surface area (Å²) < 4.78 is 10.4. The Bertz CT molecular complexity index is 625. The maximum absolute atomic E-state index is 12.5. The van der Waals surface area contributed by atoms with E-state index in [0.29, 0.717) is 30.2 Å². The number of hydrogen-bond donors (Lipinski definition) is 3. The number of carbonyl (C=O) groups is 2. The highest BCUT2D eigenvalue weighted by Gasteiger charge is 2.31. The molecule has 2 rings (SSSR count). The van der Waals surface area contributed by atoms with Gasteiger partial charge in [-0.2, -0.15) is 0 Å². The zero-order valence-corrected chi connectivity index (χ0v) is 15.7. The molecule has 26 heavy (non-hydrogen) atoms. The van der Waals surface area contributed by atoms with Gasteiger partial charge in [0.1, 0.15) is 11.8 Å². The molecule has 0 saturated carbocycles. The first-order valence-electron chi connectivity index (χ1n) is 8.63. The van der Waals surface area contributed by atoms with Crippen LogP contribution in [0.25, 0.3) is 0 Å². The minimum atomic E-state index is -1.02. The zero-order valence-electron chi connectivity index (χ0n) is 14.9. The number of halogens is 1. The van der Waals surface area contributed by atoms with Gasteiger partial charge in [-0.1, -0.05) is 37.6 Å². The van der Waals surface area contributed by atoms with E-state index in [1.807, 2.05) is 13.8 Å². The van der Waals surface area contributed by atoms with Crippen molar-refractivity contribution in [3.05, 3.63) is 29.3 Å². The third-order valence-corrected chi connectivity index (χ3v) is 4.26. The van der Waals surface area contributed by atoms with Crippen molar-refractivity contribution in [3.63, 3.8) is 0 Å². The molecule has 0 aromatic heterocycles. The Hall–Kier alpha value is -1.83. The molecule has 7 nitrogen and oxygen atoms in total. The Kier molecular flexibility index (Phi) is 7.68. The van der Waals surface area contributed by atoms with Crippen LogP contribution in [0.2, 0.25) is 5.02 Å². The second kappa shape index (κ2) is 9.75. The first kappa shape index (κ1) is 20.5. The Morgan fingerprint density at radius 1 is 1.38 bits per heavy atom. The summed E-state index contributed by atoms with van der Waals surface area (Å²) in [6, 6.07) is 5.66.